The van der Waals surface area contributed by atoms with Crippen molar-refractivity contribution in [3.05, 3.63) is 29.8 Å². The predicted molar refractivity (Wildman–Crippen MR) is 82.9 cm³/mol. The third-order valence-corrected chi connectivity index (χ3v) is 3.83. The first kappa shape index (κ1) is 16.3. The molecule has 1 fully saturated rings. The molecule has 0 amide bonds. The number of nitrogens with one attached hydrogen (secondary N) is 2. The summed E-state index contributed by atoms with van der Waals surface area (Å²) in [6, 6.07) is 7.05. The van der Waals surface area contributed by atoms with Crippen molar-refractivity contribution in [1.29, 1.82) is 0 Å². The summed E-state index contributed by atoms with van der Waals surface area (Å²) in [7, 11) is 1.38. The third kappa shape index (κ3) is 3.39. The first-order valence-corrected chi connectivity index (χ1v) is 7.46. The molecule has 0 aliphatic carbocycles. The third-order valence-electron chi connectivity index (χ3n) is 3.83. The summed E-state index contributed by atoms with van der Waals surface area (Å²) >= 11 is 0. The molecule has 0 atom stereocenters. The molecule has 0 unspecified atom stereocenters. The fraction of sp³-hybridized carbons (Fsp3) is 0.500. The molecule has 0 aromatic heterocycles. The summed E-state index contributed by atoms with van der Waals surface area (Å²) in [5, 5.41) is 6.46. The van der Waals surface area contributed by atoms with Crippen LogP contribution in [-0.4, -0.2) is 44.3 Å². The Balaban J connectivity index is 2.30. The maximum Gasteiger partial charge on any atom is 0.340 e. The maximum absolute atomic E-state index is 12.3. The van der Waals surface area contributed by atoms with E-state index in [1.54, 1.807) is 25.1 Å². The maximum atomic E-state index is 12.3. The zero-order chi connectivity index (χ0) is 16.0. The van der Waals surface area contributed by atoms with E-state index in [1.165, 1.54) is 7.11 Å². The molecular formula is C16H22N2O4. The lowest BCUT2D eigenvalue weighted by molar-refractivity contribution is -0.147. The average Bonchev–Trinajstić information content (AvgIpc) is 2.55. The highest BCUT2D eigenvalue weighted by Crippen LogP contribution is 2.28. The Hall–Kier alpha value is -2.08. The van der Waals surface area contributed by atoms with Crippen LogP contribution in [0, 0.1) is 0 Å². The van der Waals surface area contributed by atoms with E-state index < -0.39 is 11.5 Å². The molecule has 2 rings (SSSR count). The van der Waals surface area contributed by atoms with Gasteiger partial charge in [-0.05, 0) is 45.0 Å². The van der Waals surface area contributed by atoms with Gasteiger partial charge in [0.05, 0.1) is 19.3 Å². The van der Waals surface area contributed by atoms with Gasteiger partial charge in [0.15, 0.2) is 0 Å². The van der Waals surface area contributed by atoms with Gasteiger partial charge in [0.25, 0.3) is 0 Å². The number of rotatable bonds is 5. The van der Waals surface area contributed by atoms with E-state index in [-0.39, 0.29) is 5.97 Å². The van der Waals surface area contributed by atoms with Crippen molar-refractivity contribution < 1.29 is 19.1 Å². The van der Waals surface area contributed by atoms with Crippen molar-refractivity contribution in [2.75, 3.05) is 32.1 Å². The summed E-state index contributed by atoms with van der Waals surface area (Å²) in [4.78, 5) is 24.3. The number of carbonyl (C=O) groups excluding carboxylic acids is 2. The molecule has 1 aromatic carbocycles. The highest BCUT2D eigenvalue weighted by molar-refractivity contribution is 5.97. The van der Waals surface area contributed by atoms with Crippen LogP contribution in [0.5, 0.6) is 0 Å². The molecule has 1 aliphatic rings. The Morgan fingerprint density at radius 2 is 1.95 bits per heavy atom. The highest BCUT2D eigenvalue weighted by atomic mass is 16.5. The summed E-state index contributed by atoms with van der Waals surface area (Å²) in [6.45, 7) is 3.49. The number of ether oxygens (including phenoxy) is 2. The number of benzene rings is 1. The number of carbonyl (C=O) groups is 2. The first-order valence-electron chi connectivity index (χ1n) is 7.46. The van der Waals surface area contributed by atoms with Crippen LogP contribution in [0.3, 0.4) is 0 Å². The molecule has 1 heterocycles. The van der Waals surface area contributed by atoms with Crippen molar-refractivity contribution >= 4 is 17.6 Å². The number of hydrogen-bond acceptors (Lipinski definition) is 6. The number of hydrogen-bond donors (Lipinski definition) is 2. The van der Waals surface area contributed by atoms with Gasteiger partial charge in [0.2, 0.25) is 0 Å². The molecule has 0 spiro atoms. The minimum Gasteiger partial charge on any atom is -0.467 e. The summed E-state index contributed by atoms with van der Waals surface area (Å²) in [5.41, 5.74) is 0.196. The largest absolute Gasteiger partial charge is 0.467 e. The minimum absolute atomic E-state index is 0.305. The van der Waals surface area contributed by atoms with E-state index >= 15 is 0 Å². The zero-order valence-corrected chi connectivity index (χ0v) is 13.0. The molecule has 0 bridgehead atoms. The van der Waals surface area contributed by atoms with Crippen molar-refractivity contribution in [2.24, 2.45) is 0 Å². The number of esters is 2. The molecule has 1 aliphatic heterocycles. The van der Waals surface area contributed by atoms with Crippen molar-refractivity contribution in [3.8, 4) is 0 Å². The second-order valence-corrected chi connectivity index (χ2v) is 5.21. The van der Waals surface area contributed by atoms with E-state index in [2.05, 4.69) is 10.6 Å². The van der Waals surface area contributed by atoms with E-state index in [1.807, 2.05) is 6.07 Å². The van der Waals surface area contributed by atoms with Crippen LogP contribution in [0.2, 0.25) is 0 Å². The summed E-state index contributed by atoms with van der Waals surface area (Å²) < 4.78 is 10.0. The van der Waals surface area contributed by atoms with Gasteiger partial charge in [-0.25, -0.2) is 9.59 Å². The summed E-state index contributed by atoms with van der Waals surface area (Å²) in [5.74, 6) is -0.716. The van der Waals surface area contributed by atoms with Gasteiger partial charge in [-0.2, -0.15) is 0 Å². The van der Waals surface area contributed by atoms with Gasteiger partial charge < -0.3 is 20.1 Å². The SMILES string of the molecule is CCOC(=O)c1ccccc1NC1(C(=O)OC)CCNCC1. The Bertz CT molecular complexity index is 539. The lowest BCUT2D eigenvalue weighted by Gasteiger charge is -2.36. The van der Waals surface area contributed by atoms with Gasteiger partial charge in [-0.15, -0.1) is 0 Å². The van der Waals surface area contributed by atoms with E-state index in [0.29, 0.717) is 43.8 Å². The molecule has 0 radical (unpaired) electrons. The van der Waals surface area contributed by atoms with E-state index in [4.69, 9.17) is 9.47 Å². The first-order chi connectivity index (χ1) is 10.6. The van der Waals surface area contributed by atoms with Crippen LogP contribution in [0.1, 0.15) is 30.1 Å². The molecule has 6 nitrogen and oxygen atoms in total. The topological polar surface area (TPSA) is 76.7 Å². The molecule has 22 heavy (non-hydrogen) atoms. The fourth-order valence-electron chi connectivity index (χ4n) is 2.67. The lowest BCUT2D eigenvalue weighted by Crippen LogP contribution is -2.54. The molecule has 120 valence electrons. The van der Waals surface area contributed by atoms with Crippen molar-refractivity contribution in [3.63, 3.8) is 0 Å². The Kier molecular flexibility index (Phi) is 5.38. The van der Waals surface area contributed by atoms with E-state index in [9.17, 15) is 9.59 Å². The van der Waals surface area contributed by atoms with Gasteiger partial charge in [0, 0.05) is 5.69 Å². The highest BCUT2D eigenvalue weighted by Gasteiger charge is 2.41. The smallest absolute Gasteiger partial charge is 0.340 e. The Morgan fingerprint density at radius 3 is 2.59 bits per heavy atom. The quantitative estimate of drug-likeness (QED) is 0.804. The molecular weight excluding hydrogens is 284 g/mol. The van der Waals surface area contributed by atoms with Crippen LogP contribution >= 0.6 is 0 Å². The molecule has 2 N–H and O–H groups in total. The lowest BCUT2D eigenvalue weighted by atomic mass is 9.87. The monoisotopic (exact) mass is 306 g/mol. The van der Waals surface area contributed by atoms with Crippen LogP contribution in [0.25, 0.3) is 0 Å². The van der Waals surface area contributed by atoms with Crippen LogP contribution in [0.4, 0.5) is 5.69 Å². The second-order valence-electron chi connectivity index (χ2n) is 5.21. The number of para-hydroxylation sites is 1. The van der Waals surface area contributed by atoms with Crippen LogP contribution in [-0.2, 0) is 14.3 Å². The van der Waals surface area contributed by atoms with Gasteiger partial charge >= 0.3 is 11.9 Å². The Labute approximate surface area is 130 Å². The normalized spacial score (nSPS) is 16.6. The molecule has 0 saturated carbocycles. The number of anilines is 1. The fourth-order valence-corrected chi connectivity index (χ4v) is 2.67. The Morgan fingerprint density at radius 1 is 1.27 bits per heavy atom. The zero-order valence-electron chi connectivity index (χ0n) is 13.0. The predicted octanol–water partition coefficient (Wildman–Crippen LogP) is 1.57. The molecule has 6 heteroatoms. The molecule has 1 aromatic rings. The van der Waals surface area contributed by atoms with Gasteiger partial charge in [-0.1, -0.05) is 12.1 Å². The van der Waals surface area contributed by atoms with Crippen molar-refractivity contribution in [1.82, 2.24) is 5.32 Å². The number of piperidine rings is 1. The van der Waals surface area contributed by atoms with Gasteiger partial charge in [0.1, 0.15) is 5.54 Å². The van der Waals surface area contributed by atoms with Gasteiger partial charge in [-0.3, -0.25) is 0 Å². The molecule has 1 saturated heterocycles. The van der Waals surface area contributed by atoms with Crippen LogP contribution in [0.15, 0.2) is 24.3 Å². The average molecular weight is 306 g/mol. The van der Waals surface area contributed by atoms with E-state index in [0.717, 1.165) is 0 Å². The second kappa shape index (κ2) is 7.26. The minimum atomic E-state index is -0.817. The van der Waals surface area contributed by atoms with Crippen LogP contribution < -0.4 is 10.6 Å². The van der Waals surface area contributed by atoms with Crippen molar-refractivity contribution in [2.45, 2.75) is 25.3 Å². The summed E-state index contributed by atoms with van der Waals surface area (Å²) in [6.07, 6.45) is 1.19. The number of methoxy groups -OCH3 is 1. The standard InChI is InChI=1S/C16H22N2O4/c1-3-22-14(19)12-6-4-5-7-13(12)18-16(15(20)21-2)8-10-17-11-9-16/h4-7,17-18H,3,8-11H2,1-2H3.